The van der Waals surface area contributed by atoms with Gasteiger partial charge in [0.25, 0.3) is 5.56 Å². The summed E-state index contributed by atoms with van der Waals surface area (Å²) in [6.07, 6.45) is 6.54. The highest BCUT2D eigenvalue weighted by atomic mass is 16.1. The van der Waals surface area contributed by atoms with E-state index in [1.807, 2.05) is 11.7 Å². The minimum Gasteiger partial charge on any atom is -0.317 e. The molecular formula is C16H22N4O. The number of nitrogens with one attached hydrogen (secondary N) is 2. The van der Waals surface area contributed by atoms with E-state index in [1.165, 1.54) is 23.1 Å². The Morgan fingerprint density at radius 1 is 1.14 bits per heavy atom. The minimum atomic E-state index is 0.0945. The summed E-state index contributed by atoms with van der Waals surface area (Å²) in [5, 5.41) is 9.45. The number of rotatable bonds is 1. The zero-order chi connectivity index (χ0) is 14.4. The van der Waals surface area contributed by atoms with Gasteiger partial charge in [-0.05, 0) is 57.2 Å². The Morgan fingerprint density at radius 2 is 1.86 bits per heavy atom. The van der Waals surface area contributed by atoms with Crippen LogP contribution < -0.4 is 10.9 Å². The number of piperidine rings is 1. The van der Waals surface area contributed by atoms with Gasteiger partial charge in [-0.25, -0.2) is 0 Å². The summed E-state index contributed by atoms with van der Waals surface area (Å²) in [6, 6.07) is 0. The molecule has 0 amide bonds. The van der Waals surface area contributed by atoms with Crippen LogP contribution in [0.4, 0.5) is 0 Å². The van der Waals surface area contributed by atoms with Crippen molar-refractivity contribution in [3.05, 3.63) is 27.2 Å². The van der Waals surface area contributed by atoms with E-state index in [2.05, 4.69) is 10.3 Å². The molecule has 0 atom stereocenters. The van der Waals surface area contributed by atoms with E-state index in [0.717, 1.165) is 56.4 Å². The van der Waals surface area contributed by atoms with Crippen molar-refractivity contribution >= 4 is 11.0 Å². The van der Waals surface area contributed by atoms with Crippen LogP contribution in [0.25, 0.3) is 11.0 Å². The van der Waals surface area contributed by atoms with E-state index in [4.69, 9.17) is 5.10 Å². The Morgan fingerprint density at radius 3 is 2.62 bits per heavy atom. The summed E-state index contributed by atoms with van der Waals surface area (Å²) in [5.41, 5.74) is 4.51. The number of fused-ring (bicyclic) bond motifs is 3. The quantitative estimate of drug-likeness (QED) is 0.837. The van der Waals surface area contributed by atoms with E-state index in [0.29, 0.717) is 5.92 Å². The Balaban J connectivity index is 1.97. The van der Waals surface area contributed by atoms with Crippen LogP contribution in [0.3, 0.4) is 0 Å². The van der Waals surface area contributed by atoms with E-state index in [-0.39, 0.29) is 5.56 Å². The summed E-state index contributed by atoms with van der Waals surface area (Å²) >= 11 is 0. The summed E-state index contributed by atoms with van der Waals surface area (Å²) in [7, 11) is 1.94. The van der Waals surface area contributed by atoms with Crippen molar-refractivity contribution in [3.63, 3.8) is 0 Å². The van der Waals surface area contributed by atoms with Crippen molar-refractivity contribution in [1.29, 1.82) is 0 Å². The molecule has 1 aliphatic heterocycles. The van der Waals surface area contributed by atoms with E-state index in [1.54, 1.807) is 0 Å². The van der Waals surface area contributed by atoms with Crippen molar-refractivity contribution in [1.82, 2.24) is 20.1 Å². The molecule has 1 aliphatic carbocycles. The summed E-state index contributed by atoms with van der Waals surface area (Å²) < 4.78 is 1.86. The normalized spacial score (nSPS) is 19.9. The summed E-state index contributed by atoms with van der Waals surface area (Å²) in [5.74, 6) is 0.520. The second-order valence-electron chi connectivity index (χ2n) is 6.38. The molecule has 112 valence electrons. The molecule has 2 N–H and O–H groups in total. The fraction of sp³-hybridized carbons (Fsp3) is 0.625. The lowest BCUT2D eigenvalue weighted by Gasteiger charge is -2.22. The van der Waals surface area contributed by atoms with Gasteiger partial charge >= 0.3 is 0 Å². The van der Waals surface area contributed by atoms with Gasteiger partial charge in [0.15, 0.2) is 0 Å². The van der Waals surface area contributed by atoms with Crippen molar-refractivity contribution in [2.24, 2.45) is 7.05 Å². The van der Waals surface area contributed by atoms with Crippen LogP contribution in [0.15, 0.2) is 4.79 Å². The average Bonchev–Trinajstić information content (AvgIpc) is 2.86. The van der Waals surface area contributed by atoms with Crippen LogP contribution in [0.2, 0.25) is 0 Å². The monoisotopic (exact) mass is 286 g/mol. The second kappa shape index (κ2) is 4.98. The number of pyridine rings is 1. The highest BCUT2D eigenvalue weighted by molar-refractivity contribution is 5.84. The number of hydrogen-bond acceptors (Lipinski definition) is 3. The largest absolute Gasteiger partial charge is 0.317 e. The van der Waals surface area contributed by atoms with Gasteiger partial charge in [0.2, 0.25) is 0 Å². The fourth-order valence-corrected chi connectivity index (χ4v) is 3.98. The predicted octanol–water partition coefficient (Wildman–Crippen LogP) is 1.61. The third-order valence-electron chi connectivity index (χ3n) is 5.08. The van der Waals surface area contributed by atoms with Crippen LogP contribution in [-0.4, -0.2) is 27.9 Å². The van der Waals surface area contributed by atoms with Crippen LogP contribution in [0.1, 0.15) is 48.4 Å². The molecule has 21 heavy (non-hydrogen) atoms. The summed E-state index contributed by atoms with van der Waals surface area (Å²) in [6.45, 7) is 2.13. The van der Waals surface area contributed by atoms with Gasteiger partial charge in [-0.15, -0.1) is 0 Å². The number of aryl methyl sites for hydroxylation is 2. The van der Waals surface area contributed by atoms with Gasteiger partial charge in [-0.2, -0.15) is 5.10 Å². The molecule has 2 aromatic rings. The number of H-pyrrole nitrogens is 1. The zero-order valence-corrected chi connectivity index (χ0v) is 12.5. The Bertz CT molecular complexity index is 737. The minimum absolute atomic E-state index is 0.0945. The molecule has 3 heterocycles. The Labute approximate surface area is 123 Å². The van der Waals surface area contributed by atoms with Crippen molar-refractivity contribution in [2.75, 3.05) is 13.1 Å². The first kappa shape index (κ1) is 13.1. The van der Waals surface area contributed by atoms with Crippen molar-refractivity contribution < 1.29 is 0 Å². The molecule has 0 spiro atoms. The number of aromatic amines is 1. The van der Waals surface area contributed by atoms with Crippen LogP contribution in [0.5, 0.6) is 0 Å². The highest BCUT2D eigenvalue weighted by Crippen LogP contribution is 2.34. The van der Waals surface area contributed by atoms with Gasteiger partial charge in [0.1, 0.15) is 5.65 Å². The smallest absolute Gasteiger partial charge is 0.253 e. The van der Waals surface area contributed by atoms with Gasteiger partial charge in [-0.3, -0.25) is 9.48 Å². The van der Waals surface area contributed by atoms with Crippen LogP contribution in [0, 0.1) is 0 Å². The summed E-state index contributed by atoms with van der Waals surface area (Å²) in [4.78, 5) is 15.4. The van der Waals surface area contributed by atoms with E-state index in [9.17, 15) is 4.79 Å². The molecule has 1 saturated heterocycles. The van der Waals surface area contributed by atoms with Crippen molar-refractivity contribution in [2.45, 2.75) is 44.4 Å². The third-order valence-corrected chi connectivity index (χ3v) is 5.08. The first-order chi connectivity index (χ1) is 10.3. The molecule has 5 heteroatoms. The second-order valence-corrected chi connectivity index (χ2v) is 6.38. The predicted molar refractivity (Wildman–Crippen MR) is 82.8 cm³/mol. The fourth-order valence-electron chi connectivity index (χ4n) is 3.98. The SMILES string of the molecule is Cn1nc(C2CCNCC2)c2c3c(c(=O)[nH]c21)CCCC3. The van der Waals surface area contributed by atoms with Crippen LogP contribution in [-0.2, 0) is 19.9 Å². The zero-order valence-electron chi connectivity index (χ0n) is 12.5. The lowest BCUT2D eigenvalue weighted by Crippen LogP contribution is -2.27. The highest BCUT2D eigenvalue weighted by Gasteiger charge is 2.26. The first-order valence-electron chi connectivity index (χ1n) is 8.07. The molecule has 0 unspecified atom stereocenters. The number of nitrogens with zero attached hydrogens (tertiary/aromatic N) is 2. The molecule has 5 nitrogen and oxygen atoms in total. The first-order valence-corrected chi connectivity index (χ1v) is 8.07. The number of hydrogen-bond donors (Lipinski definition) is 2. The topological polar surface area (TPSA) is 62.7 Å². The Kier molecular flexibility index (Phi) is 3.10. The molecule has 0 aromatic carbocycles. The van der Waals surface area contributed by atoms with Crippen molar-refractivity contribution in [3.8, 4) is 0 Å². The number of aromatic nitrogens is 3. The van der Waals surface area contributed by atoms with Gasteiger partial charge in [0.05, 0.1) is 5.69 Å². The maximum absolute atomic E-state index is 12.3. The standard InChI is InChI=1S/C16H22N4O/c1-20-15-13(14(19-20)10-6-8-17-9-7-10)11-4-2-3-5-12(11)16(21)18-15/h10,17H,2-9H2,1H3,(H,18,21). The van der Waals surface area contributed by atoms with Gasteiger partial charge < -0.3 is 10.3 Å². The molecule has 0 saturated carbocycles. The molecular weight excluding hydrogens is 264 g/mol. The maximum Gasteiger partial charge on any atom is 0.253 e. The van der Waals surface area contributed by atoms with E-state index < -0.39 is 0 Å². The molecule has 2 aliphatic rings. The lowest BCUT2D eigenvalue weighted by atomic mass is 9.86. The third kappa shape index (κ3) is 2.02. The maximum atomic E-state index is 12.3. The van der Waals surface area contributed by atoms with Gasteiger partial charge in [0, 0.05) is 23.9 Å². The molecule has 2 aromatic heterocycles. The molecule has 1 fully saturated rings. The Hall–Kier alpha value is -1.62. The van der Waals surface area contributed by atoms with Crippen LogP contribution >= 0.6 is 0 Å². The van der Waals surface area contributed by atoms with E-state index >= 15 is 0 Å². The molecule has 0 radical (unpaired) electrons. The molecule has 0 bridgehead atoms. The average molecular weight is 286 g/mol. The molecule has 4 rings (SSSR count). The lowest BCUT2D eigenvalue weighted by molar-refractivity contribution is 0.451. The van der Waals surface area contributed by atoms with Gasteiger partial charge in [-0.1, -0.05) is 0 Å².